The van der Waals surface area contributed by atoms with E-state index in [0.29, 0.717) is 18.5 Å². The minimum Gasteiger partial charge on any atom is -0.497 e. The van der Waals surface area contributed by atoms with Crippen molar-refractivity contribution in [1.82, 2.24) is 10.2 Å². The van der Waals surface area contributed by atoms with Crippen LogP contribution in [0, 0.1) is 0 Å². The molecule has 2 aromatic rings. The summed E-state index contributed by atoms with van der Waals surface area (Å²) >= 11 is 0. The van der Waals surface area contributed by atoms with Crippen molar-refractivity contribution in [3.05, 3.63) is 66.5 Å². The zero-order valence-corrected chi connectivity index (χ0v) is 16.5. The predicted octanol–water partition coefficient (Wildman–Crippen LogP) is 3.88. The van der Waals surface area contributed by atoms with Gasteiger partial charge in [0.05, 0.1) is 13.7 Å². The number of nitrogens with zero attached hydrogens (tertiary/aromatic N) is 1. The lowest BCUT2D eigenvalue weighted by Crippen LogP contribution is -2.30. The summed E-state index contributed by atoms with van der Waals surface area (Å²) in [4.78, 5) is 23.9. The topological polar surface area (TPSA) is 67.9 Å². The highest BCUT2D eigenvalue weighted by atomic mass is 16.5. The monoisotopic (exact) mass is 398 g/mol. The lowest BCUT2D eigenvalue weighted by molar-refractivity contribution is -0.141. The van der Waals surface area contributed by atoms with Crippen molar-refractivity contribution >= 4 is 22.6 Å². The van der Waals surface area contributed by atoms with Crippen LogP contribution in [0.2, 0.25) is 0 Å². The molecule has 2 aromatic carbocycles. The van der Waals surface area contributed by atoms with Gasteiger partial charge in [-0.2, -0.15) is 0 Å². The van der Waals surface area contributed by atoms with Gasteiger partial charge >= 0.3 is 5.97 Å². The van der Waals surface area contributed by atoms with E-state index < -0.39 is 0 Å². The van der Waals surface area contributed by atoms with E-state index in [1.165, 1.54) is 17.7 Å². The molecule has 3 rings (SSSR count). The Bertz CT molecular complexity index is 874. The smallest absolute Gasteiger partial charge is 0.302 e. The second-order valence-electron chi connectivity index (χ2n) is 6.22. The number of hydrogen-bond acceptors (Lipinski definition) is 5. The Balaban J connectivity index is 0.000000289. The lowest BCUT2D eigenvalue weighted by atomic mass is 10.1. The maximum Gasteiger partial charge on any atom is 0.302 e. The Morgan fingerprint density at radius 3 is 2.52 bits per heavy atom. The number of hydrogen-bond donors (Lipinski definition) is 1. The number of methoxy groups -OCH3 is 1. The van der Waals surface area contributed by atoms with Gasteiger partial charge in [-0.25, -0.2) is 0 Å². The zero-order chi connectivity index (χ0) is 20.4. The fraction of sp³-hybridized carbons (Fsp3) is 0.304. The number of ether oxygens (including phenoxy) is 2. The molecule has 0 aliphatic carbocycles. The van der Waals surface area contributed by atoms with E-state index in [9.17, 15) is 9.59 Å². The number of esters is 1. The summed E-state index contributed by atoms with van der Waals surface area (Å²) in [5, 5.41) is 5.15. The summed E-state index contributed by atoms with van der Waals surface area (Å²) in [6.45, 7) is 1.88. The van der Waals surface area contributed by atoms with Gasteiger partial charge < -0.3 is 19.7 Å². The molecule has 156 valence electrons. The van der Waals surface area contributed by atoms with Gasteiger partial charge in [-0.15, -0.1) is 0 Å². The molecule has 1 amide bonds. The van der Waals surface area contributed by atoms with Crippen LogP contribution in [0.5, 0.6) is 5.75 Å². The third kappa shape index (κ3) is 8.09. The van der Waals surface area contributed by atoms with E-state index in [4.69, 9.17) is 9.47 Å². The maximum atomic E-state index is 11.6. The Morgan fingerprint density at radius 2 is 1.86 bits per heavy atom. The Morgan fingerprint density at radius 1 is 1.14 bits per heavy atom. The fourth-order valence-electron chi connectivity index (χ4n) is 2.61. The van der Waals surface area contributed by atoms with Crippen molar-refractivity contribution < 1.29 is 19.1 Å². The molecular formula is C23H30N2O4. The van der Waals surface area contributed by atoms with Gasteiger partial charge in [0.15, 0.2) is 0 Å². The van der Waals surface area contributed by atoms with Crippen LogP contribution in [0.3, 0.4) is 0 Å². The molecule has 0 fully saturated rings. The molecule has 1 aliphatic rings. The summed E-state index contributed by atoms with van der Waals surface area (Å²) < 4.78 is 9.83. The van der Waals surface area contributed by atoms with Gasteiger partial charge in [0.2, 0.25) is 5.91 Å². The van der Waals surface area contributed by atoms with Crippen LogP contribution < -0.4 is 10.1 Å². The highest BCUT2D eigenvalue weighted by Crippen LogP contribution is 2.19. The molecule has 1 N–H and O–H groups in total. The molecule has 1 aliphatic heterocycles. The first-order valence-corrected chi connectivity index (χ1v) is 9.03. The van der Waals surface area contributed by atoms with Crippen LogP contribution in [0.25, 0.3) is 10.8 Å². The maximum absolute atomic E-state index is 11.6. The van der Waals surface area contributed by atoms with Crippen LogP contribution in [-0.2, 0) is 14.3 Å². The summed E-state index contributed by atoms with van der Waals surface area (Å²) in [6.07, 6.45) is 6.22. The Labute approximate surface area is 172 Å². The van der Waals surface area contributed by atoms with Gasteiger partial charge in [-0.3, -0.25) is 9.59 Å². The summed E-state index contributed by atoms with van der Waals surface area (Å²) in [6, 6.07) is 14.3. The number of carbonyl (C=O) groups is 2. The molecular weight excluding hydrogens is 368 g/mol. The SMILES string of the molecule is C.CC(=O)OCCNC(=O)C1=CN(C)C=CC1.COc1ccc2ccccc2c1. The molecule has 0 aromatic heterocycles. The van der Waals surface area contributed by atoms with Gasteiger partial charge in [0.25, 0.3) is 0 Å². The fourth-order valence-corrected chi connectivity index (χ4v) is 2.61. The van der Waals surface area contributed by atoms with Crippen LogP contribution in [0.1, 0.15) is 20.8 Å². The summed E-state index contributed by atoms with van der Waals surface area (Å²) in [5.41, 5.74) is 0.702. The molecule has 0 unspecified atom stereocenters. The first kappa shape index (κ1) is 23.8. The normalized spacial score (nSPS) is 12.1. The minimum atomic E-state index is -0.339. The third-order valence-electron chi connectivity index (χ3n) is 3.98. The van der Waals surface area contributed by atoms with Crippen LogP contribution in [-0.4, -0.2) is 44.1 Å². The van der Waals surface area contributed by atoms with Crippen molar-refractivity contribution in [2.24, 2.45) is 0 Å². The molecule has 1 heterocycles. The minimum absolute atomic E-state index is 0. The Hall–Kier alpha value is -3.28. The molecule has 0 spiro atoms. The molecule has 0 saturated heterocycles. The molecule has 6 nitrogen and oxygen atoms in total. The van der Waals surface area contributed by atoms with Crippen LogP contribution >= 0.6 is 0 Å². The van der Waals surface area contributed by atoms with E-state index in [1.807, 2.05) is 48.5 Å². The molecule has 0 radical (unpaired) electrons. The number of fused-ring (bicyclic) bond motifs is 1. The number of nitrogens with one attached hydrogen (secondary N) is 1. The largest absolute Gasteiger partial charge is 0.497 e. The van der Waals surface area contributed by atoms with E-state index in [-0.39, 0.29) is 25.9 Å². The first-order valence-electron chi connectivity index (χ1n) is 9.03. The van der Waals surface area contributed by atoms with E-state index in [0.717, 1.165) is 5.75 Å². The average molecular weight is 399 g/mol. The molecule has 6 heteroatoms. The number of rotatable bonds is 5. The predicted molar refractivity (Wildman–Crippen MR) is 116 cm³/mol. The van der Waals surface area contributed by atoms with Gasteiger partial charge in [0, 0.05) is 25.7 Å². The quantitative estimate of drug-likeness (QED) is 0.611. The number of carbonyl (C=O) groups excluding carboxylic acids is 2. The van der Waals surface area contributed by atoms with Crippen LogP contribution in [0.4, 0.5) is 0 Å². The highest BCUT2D eigenvalue weighted by Gasteiger charge is 2.10. The van der Waals surface area contributed by atoms with E-state index in [2.05, 4.69) is 23.5 Å². The van der Waals surface area contributed by atoms with Crippen molar-refractivity contribution in [2.75, 3.05) is 27.3 Å². The zero-order valence-electron chi connectivity index (χ0n) is 16.5. The molecule has 0 atom stereocenters. The summed E-state index contributed by atoms with van der Waals surface area (Å²) in [7, 11) is 3.55. The third-order valence-corrected chi connectivity index (χ3v) is 3.98. The van der Waals surface area contributed by atoms with Gasteiger partial charge in [-0.05, 0) is 35.5 Å². The standard InChI is InChI=1S/C11H16N2O3.C11H10O.CH4/c1-9(14)16-7-5-12-11(15)10-4-3-6-13(2)8-10;1-12-11-7-6-9-4-2-3-5-10(9)8-11;/h3,6,8H,4-5,7H2,1-2H3,(H,12,15);2-8H,1H3;1H4. The molecule has 0 bridgehead atoms. The van der Waals surface area contributed by atoms with Gasteiger partial charge in [0.1, 0.15) is 12.4 Å². The second kappa shape index (κ2) is 12.2. The number of amides is 1. The Kier molecular flexibility index (Phi) is 10.0. The van der Waals surface area contributed by atoms with Crippen molar-refractivity contribution in [2.45, 2.75) is 20.8 Å². The van der Waals surface area contributed by atoms with E-state index >= 15 is 0 Å². The van der Waals surface area contributed by atoms with Gasteiger partial charge in [-0.1, -0.05) is 43.8 Å². The van der Waals surface area contributed by atoms with Crippen molar-refractivity contribution in [1.29, 1.82) is 0 Å². The first-order chi connectivity index (χ1) is 13.5. The van der Waals surface area contributed by atoms with E-state index in [1.54, 1.807) is 13.3 Å². The van der Waals surface area contributed by atoms with Crippen LogP contribution in [0.15, 0.2) is 66.5 Å². The summed E-state index contributed by atoms with van der Waals surface area (Å²) in [5.74, 6) is 0.450. The highest BCUT2D eigenvalue weighted by molar-refractivity contribution is 5.93. The van der Waals surface area contributed by atoms with Crippen molar-refractivity contribution in [3.63, 3.8) is 0 Å². The van der Waals surface area contributed by atoms with Crippen molar-refractivity contribution in [3.8, 4) is 5.75 Å². The number of benzene rings is 2. The molecule has 29 heavy (non-hydrogen) atoms. The second-order valence-corrected chi connectivity index (χ2v) is 6.22. The molecule has 0 saturated carbocycles. The number of allylic oxidation sites excluding steroid dienone is 1. The lowest BCUT2D eigenvalue weighted by Gasteiger charge is -2.16. The average Bonchev–Trinajstić information content (AvgIpc) is 2.71.